The van der Waals surface area contributed by atoms with Gasteiger partial charge in [0.15, 0.2) is 5.76 Å². The smallest absolute Gasteiger partial charge is 0.321 e. The highest BCUT2D eigenvalue weighted by Crippen LogP contribution is 2.19. The molecular formula is C20H22N4O4. The summed E-state index contributed by atoms with van der Waals surface area (Å²) in [5, 5.41) is 5.76. The number of amides is 4. The van der Waals surface area contributed by atoms with Gasteiger partial charge in [-0.25, -0.2) is 4.79 Å². The second kappa shape index (κ2) is 7.75. The maximum atomic E-state index is 12.7. The van der Waals surface area contributed by atoms with Crippen molar-refractivity contribution in [3.63, 3.8) is 0 Å². The second-order valence-corrected chi connectivity index (χ2v) is 6.97. The van der Waals surface area contributed by atoms with Crippen molar-refractivity contribution in [2.24, 2.45) is 0 Å². The van der Waals surface area contributed by atoms with E-state index in [9.17, 15) is 14.4 Å². The lowest BCUT2D eigenvalue weighted by Crippen LogP contribution is -2.49. The molecule has 0 spiro atoms. The molecule has 2 aliphatic rings. The third kappa shape index (κ3) is 3.71. The Bertz CT molecular complexity index is 880. The Balaban J connectivity index is 1.40. The highest BCUT2D eigenvalue weighted by molar-refractivity contribution is 5.98. The molecule has 2 aromatic rings. The first-order chi connectivity index (χ1) is 13.6. The van der Waals surface area contributed by atoms with Crippen molar-refractivity contribution in [2.75, 3.05) is 31.1 Å². The lowest BCUT2D eigenvalue weighted by atomic mass is 10.0. The minimum Gasteiger partial charge on any atom is -0.459 e. The first-order valence-corrected chi connectivity index (χ1v) is 9.41. The molecule has 146 valence electrons. The van der Waals surface area contributed by atoms with Gasteiger partial charge in [-0.1, -0.05) is 6.07 Å². The monoisotopic (exact) mass is 382 g/mol. The molecule has 28 heavy (non-hydrogen) atoms. The summed E-state index contributed by atoms with van der Waals surface area (Å²) in [7, 11) is 0. The van der Waals surface area contributed by atoms with E-state index >= 15 is 0 Å². The van der Waals surface area contributed by atoms with Crippen LogP contribution in [-0.4, -0.2) is 55.0 Å². The topological polar surface area (TPSA) is 94.9 Å². The molecule has 2 N–H and O–H groups in total. The number of urea groups is 1. The molecule has 2 aliphatic heterocycles. The van der Waals surface area contributed by atoms with Gasteiger partial charge in [-0.05, 0) is 43.2 Å². The fourth-order valence-corrected chi connectivity index (χ4v) is 3.64. The molecule has 8 nitrogen and oxygen atoms in total. The minimum absolute atomic E-state index is 0.126. The standard InChI is InChI=1S/C20H22N4O4/c25-18(14-4-1-6-16(12-14)24-10-8-21-20(24)27)22-15-5-2-9-23(13-15)19(26)17-7-3-11-28-17/h1,3-4,6-7,11-12,15H,2,5,8-10,13H2,(H,21,27)(H,22,25). The Hall–Kier alpha value is -3.29. The van der Waals surface area contributed by atoms with Crippen molar-refractivity contribution in [1.29, 1.82) is 0 Å². The SMILES string of the molecule is O=C(NC1CCCN(C(=O)c2ccco2)C1)c1cccc(N2CCNC2=O)c1. The first-order valence-electron chi connectivity index (χ1n) is 9.41. The fourth-order valence-electron chi connectivity index (χ4n) is 3.64. The Morgan fingerprint density at radius 3 is 2.82 bits per heavy atom. The zero-order chi connectivity index (χ0) is 19.5. The van der Waals surface area contributed by atoms with E-state index in [1.807, 2.05) is 6.07 Å². The molecule has 4 rings (SSSR count). The molecule has 2 saturated heterocycles. The van der Waals surface area contributed by atoms with Gasteiger partial charge in [0, 0.05) is 43.5 Å². The molecule has 1 unspecified atom stereocenters. The summed E-state index contributed by atoms with van der Waals surface area (Å²) in [5.41, 5.74) is 1.19. The van der Waals surface area contributed by atoms with Crippen molar-refractivity contribution in [3.05, 3.63) is 54.0 Å². The van der Waals surface area contributed by atoms with Crippen LogP contribution in [0.4, 0.5) is 10.5 Å². The number of hydrogen-bond donors (Lipinski definition) is 2. The number of anilines is 1. The Morgan fingerprint density at radius 1 is 1.18 bits per heavy atom. The van der Waals surface area contributed by atoms with Crippen LogP contribution in [0.1, 0.15) is 33.8 Å². The molecule has 2 fully saturated rings. The van der Waals surface area contributed by atoms with Crippen LogP contribution in [0.3, 0.4) is 0 Å². The van der Waals surface area contributed by atoms with Gasteiger partial charge in [0.2, 0.25) is 0 Å². The fraction of sp³-hybridized carbons (Fsp3) is 0.350. The van der Waals surface area contributed by atoms with Crippen LogP contribution in [0.15, 0.2) is 47.1 Å². The van der Waals surface area contributed by atoms with Crippen LogP contribution in [0.2, 0.25) is 0 Å². The molecule has 0 radical (unpaired) electrons. The number of benzene rings is 1. The Kier molecular flexibility index (Phi) is 5.01. The van der Waals surface area contributed by atoms with E-state index in [0.29, 0.717) is 43.2 Å². The maximum Gasteiger partial charge on any atom is 0.321 e. The van der Waals surface area contributed by atoms with E-state index in [4.69, 9.17) is 4.42 Å². The number of carbonyl (C=O) groups excluding carboxylic acids is 3. The number of nitrogens with one attached hydrogen (secondary N) is 2. The number of likely N-dealkylation sites (tertiary alicyclic amines) is 1. The summed E-state index contributed by atoms with van der Waals surface area (Å²) < 4.78 is 5.19. The zero-order valence-electron chi connectivity index (χ0n) is 15.4. The number of furan rings is 1. The maximum absolute atomic E-state index is 12.7. The molecule has 1 aromatic heterocycles. The molecule has 0 bridgehead atoms. The highest BCUT2D eigenvalue weighted by atomic mass is 16.3. The summed E-state index contributed by atoms with van der Waals surface area (Å²) in [5.74, 6) is -0.0617. The number of nitrogens with zero attached hydrogens (tertiary/aromatic N) is 2. The zero-order valence-corrected chi connectivity index (χ0v) is 15.4. The highest BCUT2D eigenvalue weighted by Gasteiger charge is 2.27. The van der Waals surface area contributed by atoms with Gasteiger partial charge in [-0.15, -0.1) is 0 Å². The molecular weight excluding hydrogens is 360 g/mol. The minimum atomic E-state index is -0.209. The van der Waals surface area contributed by atoms with Gasteiger partial charge in [-0.2, -0.15) is 0 Å². The van der Waals surface area contributed by atoms with Gasteiger partial charge in [0.25, 0.3) is 11.8 Å². The molecule has 4 amide bonds. The molecule has 1 atom stereocenters. The quantitative estimate of drug-likeness (QED) is 0.844. The van der Waals surface area contributed by atoms with Gasteiger partial charge in [0.05, 0.1) is 6.26 Å². The Labute approximate surface area is 162 Å². The number of carbonyl (C=O) groups is 3. The Morgan fingerprint density at radius 2 is 2.07 bits per heavy atom. The van der Waals surface area contributed by atoms with E-state index in [2.05, 4.69) is 10.6 Å². The average Bonchev–Trinajstić information content (AvgIpc) is 3.39. The molecule has 3 heterocycles. The van der Waals surface area contributed by atoms with Crippen LogP contribution in [0.5, 0.6) is 0 Å². The van der Waals surface area contributed by atoms with E-state index in [1.54, 1.807) is 40.1 Å². The van der Waals surface area contributed by atoms with Gasteiger partial charge >= 0.3 is 6.03 Å². The van der Waals surface area contributed by atoms with Crippen LogP contribution in [0.25, 0.3) is 0 Å². The van der Waals surface area contributed by atoms with Crippen molar-refractivity contribution in [2.45, 2.75) is 18.9 Å². The van der Waals surface area contributed by atoms with Crippen LogP contribution < -0.4 is 15.5 Å². The average molecular weight is 382 g/mol. The third-order valence-electron chi connectivity index (χ3n) is 5.05. The normalized spacial score (nSPS) is 19.4. The van der Waals surface area contributed by atoms with Crippen molar-refractivity contribution < 1.29 is 18.8 Å². The van der Waals surface area contributed by atoms with E-state index < -0.39 is 0 Å². The third-order valence-corrected chi connectivity index (χ3v) is 5.05. The van der Waals surface area contributed by atoms with E-state index in [0.717, 1.165) is 12.8 Å². The lowest BCUT2D eigenvalue weighted by molar-refractivity contribution is 0.0647. The van der Waals surface area contributed by atoms with E-state index in [1.165, 1.54) is 6.26 Å². The largest absolute Gasteiger partial charge is 0.459 e. The summed E-state index contributed by atoms with van der Waals surface area (Å²) in [6, 6.07) is 10.1. The number of hydrogen-bond acceptors (Lipinski definition) is 4. The second-order valence-electron chi connectivity index (χ2n) is 6.97. The number of rotatable bonds is 4. The predicted molar refractivity (Wildman–Crippen MR) is 102 cm³/mol. The van der Waals surface area contributed by atoms with Crippen molar-refractivity contribution in [3.8, 4) is 0 Å². The van der Waals surface area contributed by atoms with E-state index in [-0.39, 0.29) is 23.9 Å². The lowest BCUT2D eigenvalue weighted by Gasteiger charge is -2.32. The van der Waals surface area contributed by atoms with Crippen LogP contribution >= 0.6 is 0 Å². The molecule has 8 heteroatoms. The van der Waals surface area contributed by atoms with Gasteiger partial charge in [-0.3, -0.25) is 14.5 Å². The summed E-state index contributed by atoms with van der Waals surface area (Å²) >= 11 is 0. The predicted octanol–water partition coefficient (Wildman–Crippen LogP) is 1.84. The van der Waals surface area contributed by atoms with Crippen LogP contribution in [-0.2, 0) is 0 Å². The van der Waals surface area contributed by atoms with Gasteiger partial charge in [0.1, 0.15) is 0 Å². The molecule has 0 aliphatic carbocycles. The summed E-state index contributed by atoms with van der Waals surface area (Å²) in [6.45, 7) is 2.26. The number of piperidine rings is 1. The van der Waals surface area contributed by atoms with Crippen LogP contribution in [0, 0.1) is 0 Å². The van der Waals surface area contributed by atoms with Crippen molar-refractivity contribution in [1.82, 2.24) is 15.5 Å². The van der Waals surface area contributed by atoms with Gasteiger partial charge < -0.3 is 20.0 Å². The molecule has 0 saturated carbocycles. The van der Waals surface area contributed by atoms with Crippen molar-refractivity contribution >= 4 is 23.5 Å². The summed E-state index contributed by atoms with van der Waals surface area (Å²) in [6.07, 6.45) is 3.09. The first kappa shape index (κ1) is 18.1. The summed E-state index contributed by atoms with van der Waals surface area (Å²) in [4.78, 5) is 40.3. The molecule has 1 aromatic carbocycles.